The van der Waals surface area contributed by atoms with E-state index in [2.05, 4.69) is 12.2 Å². The molecule has 0 aromatic heterocycles. The zero-order chi connectivity index (χ0) is 20.7. The van der Waals surface area contributed by atoms with Crippen LogP contribution in [0, 0.1) is 0 Å². The van der Waals surface area contributed by atoms with Crippen molar-refractivity contribution in [2.24, 2.45) is 0 Å². The number of carbonyl (C=O) groups excluding carboxylic acids is 1. The second-order valence-electron chi connectivity index (χ2n) is 6.68. The molecule has 0 unspecified atom stereocenters. The first kappa shape index (κ1) is 22.1. The van der Waals surface area contributed by atoms with Crippen LogP contribution in [0.15, 0.2) is 30.3 Å². The van der Waals surface area contributed by atoms with Gasteiger partial charge in [-0.15, -0.1) is 0 Å². The number of hydrogen-bond donors (Lipinski definition) is 1. The molecule has 1 amide bonds. The maximum absolute atomic E-state index is 12.6. The Morgan fingerprint density at radius 1 is 1.07 bits per heavy atom. The predicted molar refractivity (Wildman–Crippen MR) is 115 cm³/mol. The van der Waals surface area contributed by atoms with E-state index in [1.165, 1.54) is 0 Å². The number of halogens is 1. The van der Waals surface area contributed by atoms with Crippen LogP contribution in [0.25, 0.3) is 0 Å². The lowest BCUT2D eigenvalue weighted by Crippen LogP contribution is -2.30. The molecule has 0 saturated carbocycles. The van der Waals surface area contributed by atoms with Crippen LogP contribution in [0.3, 0.4) is 0 Å². The molecule has 0 bridgehead atoms. The van der Waals surface area contributed by atoms with Crippen LogP contribution in [-0.2, 0) is 24.2 Å². The van der Waals surface area contributed by atoms with E-state index in [4.69, 9.17) is 21.1 Å². The van der Waals surface area contributed by atoms with E-state index >= 15 is 0 Å². The van der Waals surface area contributed by atoms with E-state index < -0.39 is 0 Å². The monoisotopic (exact) mass is 404 g/mol. The Kier molecular flexibility index (Phi) is 8.15. The SMILES string of the molecule is CCc1ccc(Cl)c(CC)c1NC(=O)CN(C)Cc1ccc(OC)c(OC)c1. The number of hydrogen-bond acceptors (Lipinski definition) is 4. The van der Waals surface area contributed by atoms with Crippen molar-refractivity contribution in [3.8, 4) is 11.5 Å². The first-order valence-corrected chi connectivity index (χ1v) is 9.80. The lowest BCUT2D eigenvalue weighted by molar-refractivity contribution is -0.117. The number of rotatable bonds is 9. The molecule has 0 heterocycles. The van der Waals surface area contributed by atoms with E-state index in [1.54, 1.807) is 14.2 Å². The fourth-order valence-corrected chi connectivity index (χ4v) is 3.53. The van der Waals surface area contributed by atoms with Crippen molar-refractivity contribution in [1.82, 2.24) is 4.90 Å². The zero-order valence-electron chi connectivity index (χ0n) is 17.3. The number of aryl methyl sites for hydroxylation is 1. The second-order valence-corrected chi connectivity index (χ2v) is 7.08. The van der Waals surface area contributed by atoms with Crippen LogP contribution in [0.1, 0.15) is 30.5 Å². The van der Waals surface area contributed by atoms with Crippen LogP contribution in [0.5, 0.6) is 11.5 Å². The Bertz CT molecular complexity index is 824. The molecule has 2 aromatic rings. The molecular formula is C22H29ClN2O3. The molecule has 2 aromatic carbocycles. The van der Waals surface area contributed by atoms with Crippen LogP contribution in [-0.4, -0.2) is 38.6 Å². The molecule has 6 heteroatoms. The fraction of sp³-hybridized carbons (Fsp3) is 0.409. The molecular weight excluding hydrogens is 376 g/mol. The quantitative estimate of drug-likeness (QED) is 0.666. The predicted octanol–water partition coefficient (Wildman–Crippen LogP) is 4.55. The van der Waals surface area contributed by atoms with Gasteiger partial charge in [-0.3, -0.25) is 9.69 Å². The van der Waals surface area contributed by atoms with Gasteiger partial charge in [-0.2, -0.15) is 0 Å². The van der Waals surface area contributed by atoms with E-state index in [1.807, 2.05) is 49.2 Å². The van der Waals surface area contributed by atoms with Crippen molar-refractivity contribution in [2.75, 3.05) is 33.1 Å². The molecule has 0 fully saturated rings. The Labute approximate surface area is 172 Å². The highest BCUT2D eigenvalue weighted by molar-refractivity contribution is 6.32. The molecule has 0 atom stereocenters. The lowest BCUT2D eigenvalue weighted by Gasteiger charge is -2.20. The number of ether oxygens (including phenoxy) is 2. The zero-order valence-corrected chi connectivity index (χ0v) is 18.0. The highest BCUT2D eigenvalue weighted by Gasteiger charge is 2.15. The van der Waals surface area contributed by atoms with Crippen molar-refractivity contribution < 1.29 is 14.3 Å². The molecule has 2 rings (SSSR count). The summed E-state index contributed by atoms with van der Waals surface area (Å²) >= 11 is 6.32. The molecule has 0 spiro atoms. The largest absolute Gasteiger partial charge is 0.493 e. The molecule has 1 N–H and O–H groups in total. The summed E-state index contributed by atoms with van der Waals surface area (Å²) in [4.78, 5) is 14.6. The Hall–Kier alpha value is -2.24. The normalized spacial score (nSPS) is 10.8. The summed E-state index contributed by atoms with van der Waals surface area (Å²) < 4.78 is 10.6. The lowest BCUT2D eigenvalue weighted by atomic mass is 10.0. The summed E-state index contributed by atoms with van der Waals surface area (Å²) in [5.41, 5.74) is 3.97. The van der Waals surface area contributed by atoms with Gasteiger partial charge < -0.3 is 14.8 Å². The smallest absolute Gasteiger partial charge is 0.238 e. The van der Waals surface area contributed by atoms with Gasteiger partial charge in [0.1, 0.15) is 0 Å². The van der Waals surface area contributed by atoms with E-state index in [9.17, 15) is 4.79 Å². The standard InChI is InChI=1S/C22H29ClN2O3/c1-6-16-9-10-18(23)17(7-2)22(16)24-21(26)14-25(3)13-15-8-11-19(27-4)20(12-15)28-5/h8-12H,6-7,13-14H2,1-5H3,(H,24,26). The highest BCUT2D eigenvalue weighted by atomic mass is 35.5. The first-order valence-electron chi connectivity index (χ1n) is 9.42. The molecule has 0 aliphatic carbocycles. The van der Waals surface area contributed by atoms with Crippen molar-refractivity contribution in [3.63, 3.8) is 0 Å². The molecule has 0 aliphatic rings. The molecule has 152 valence electrons. The number of nitrogens with one attached hydrogen (secondary N) is 1. The molecule has 28 heavy (non-hydrogen) atoms. The minimum absolute atomic E-state index is 0.0605. The number of nitrogens with zero attached hydrogens (tertiary/aromatic N) is 1. The molecule has 0 aliphatic heterocycles. The minimum Gasteiger partial charge on any atom is -0.493 e. The van der Waals surface area contributed by atoms with Crippen LogP contribution < -0.4 is 14.8 Å². The van der Waals surface area contributed by atoms with E-state index in [0.29, 0.717) is 23.1 Å². The summed E-state index contributed by atoms with van der Waals surface area (Å²) in [5.74, 6) is 1.30. The summed E-state index contributed by atoms with van der Waals surface area (Å²) in [6.07, 6.45) is 1.60. The third kappa shape index (κ3) is 5.40. The average Bonchev–Trinajstić information content (AvgIpc) is 2.68. The van der Waals surface area contributed by atoms with Gasteiger partial charge in [0.25, 0.3) is 0 Å². The number of methoxy groups -OCH3 is 2. The van der Waals surface area contributed by atoms with Crippen molar-refractivity contribution in [2.45, 2.75) is 33.2 Å². The molecule has 0 radical (unpaired) electrons. The summed E-state index contributed by atoms with van der Waals surface area (Å²) in [7, 11) is 5.13. The van der Waals surface area contributed by atoms with Gasteiger partial charge in [-0.1, -0.05) is 37.6 Å². The van der Waals surface area contributed by atoms with E-state index in [0.717, 1.165) is 35.2 Å². The van der Waals surface area contributed by atoms with Crippen LogP contribution >= 0.6 is 11.6 Å². The molecule has 5 nitrogen and oxygen atoms in total. The maximum Gasteiger partial charge on any atom is 0.238 e. The van der Waals surface area contributed by atoms with Crippen LogP contribution in [0.2, 0.25) is 5.02 Å². The van der Waals surface area contributed by atoms with Crippen molar-refractivity contribution >= 4 is 23.2 Å². The molecule has 0 saturated heterocycles. The number of anilines is 1. The fourth-order valence-electron chi connectivity index (χ4n) is 3.24. The summed E-state index contributed by atoms with van der Waals surface area (Å²) in [5, 5.41) is 3.76. The third-order valence-corrected chi connectivity index (χ3v) is 5.01. The minimum atomic E-state index is -0.0605. The number of amides is 1. The Morgan fingerprint density at radius 2 is 1.79 bits per heavy atom. The maximum atomic E-state index is 12.6. The van der Waals surface area contributed by atoms with Crippen molar-refractivity contribution in [3.05, 3.63) is 52.0 Å². The Balaban J connectivity index is 2.07. The van der Waals surface area contributed by atoms with Gasteiger partial charge in [-0.25, -0.2) is 0 Å². The number of carbonyl (C=O) groups is 1. The van der Waals surface area contributed by atoms with E-state index in [-0.39, 0.29) is 12.5 Å². The van der Waals surface area contributed by atoms with Gasteiger partial charge in [0.15, 0.2) is 11.5 Å². The van der Waals surface area contributed by atoms with Gasteiger partial charge >= 0.3 is 0 Å². The van der Waals surface area contributed by atoms with Gasteiger partial charge in [0.2, 0.25) is 5.91 Å². The topological polar surface area (TPSA) is 50.8 Å². The Morgan fingerprint density at radius 3 is 2.39 bits per heavy atom. The van der Waals surface area contributed by atoms with Crippen LogP contribution in [0.4, 0.5) is 5.69 Å². The second kappa shape index (κ2) is 10.3. The summed E-state index contributed by atoms with van der Waals surface area (Å²) in [6.45, 7) is 5.00. The first-order chi connectivity index (χ1) is 13.4. The number of likely N-dealkylation sites (N-methyl/N-ethyl adjacent to an activating group) is 1. The van der Waals surface area contributed by atoms with Gasteiger partial charge in [0.05, 0.1) is 20.8 Å². The average molecular weight is 405 g/mol. The van der Waals surface area contributed by atoms with Gasteiger partial charge in [0, 0.05) is 17.3 Å². The van der Waals surface area contributed by atoms with Gasteiger partial charge in [-0.05, 0) is 54.8 Å². The summed E-state index contributed by atoms with van der Waals surface area (Å²) in [6, 6.07) is 9.64. The third-order valence-electron chi connectivity index (χ3n) is 4.65. The number of benzene rings is 2. The highest BCUT2D eigenvalue weighted by Crippen LogP contribution is 2.30. The van der Waals surface area contributed by atoms with Crippen molar-refractivity contribution in [1.29, 1.82) is 0 Å².